The molecule has 0 spiro atoms. The van der Waals surface area contributed by atoms with Gasteiger partial charge in [0, 0.05) is 0 Å². The smallest absolute Gasteiger partial charge is 0.144 e. The zero-order chi connectivity index (χ0) is 9.95. The molecule has 2 heteroatoms. The third-order valence-electron chi connectivity index (χ3n) is 3.24. The number of unbranched alkanes of at least 4 members (excludes halogenated alkanes) is 1. The van der Waals surface area contributed by atoms with Gasteiger partial charge in [0.05, 0.1) is 0 Å². The van der Waals surface area contributed by atoms with Gasteiger partial charge in [-0.1, -0.05) is 58.2 Å². The Morgan fingerprint density at radius 2 is 2.00 bits per heavy atom. The highest BCUT2D eigenvalue weighted by Gasteiger charge is 2.37. The van der Waals surface area contributed by atoms with E-state index in [1.165, 1.54) is 32.1 Å². The van der Waals surface area contributed by atoms with Gasteiger partial charge in [0.1, 0.15) is 7.28 Å². The van der Waals surface area contributed by atoms with E-state index in [-0.39, 0.29) is 5.44 Å². The fourth-order valence-electron chi connectivity index (χ4n) is 2.59. The number of nitrogens with two attached hydrogens (primary N) is 1. The molecule has 1 heterocycles. The zero-order valence-electron chi connectivity index (χ0n) is 9.40. The summed E-state index contributed by atoms with van der Waals surface area (Å²) in [7, 11) is 2.40. The Bertz CT molecular complexity index is 167. The minimum absolute atomic E-state index is 0.0132. The maximum absolute atomic E-state index is 6.17. The summed E-state index contributed by atoms with van der Waals surface area (Å²) < 4.78 is 0. The van der Waals surface area contributed by atoms with E-state index in [4.69, 9.17) is 5.73 Å². The quantitative estimate of drug-likeness (QED) is 0.664. The normalized spacial score (nSPS) is 40.0. The molecule has 0 saturated carbocycles. The number of hydrogen-bond acceptors (Lipinski definition) is 1. The van der Waals surface area contributed by atoms with Crippen molar-refractivity contribution >= 4 is 7.28 Å². The first-order chi connectivity index (χ1) is 5.97. The second-order valence-electron chi connectivity index (χ2n) is 5.26. The molecule has 1 aliphatic rings. The highest BCUT2D eigenvalue weighted by atomic mass is 14.7. The molecule has 1 nitrogen and oxygen atoms in total. The third kappa shape index (κ3) is 3.34. The van der Waals surface area contributed by atoms with Crippen LogP contribution in [0, 0.1) is 0 Å². The molecule has 0 amide bonds. The van der Waals surface area contributed by atoms with Gasteiger partial charge in [-0.15, -0.1) is 0 Å². The molecule has 1 radical (unpaired) electrons. The first kappa shape index (κ1) is 11.1. The summed E-state index contributed by atoms with van der Waals surface area (Å²) in [5.74, 6) is 0. The van der Waals surface area contributed by atoms with Gasteiger partial charge in [0.15, 0.2) is 0 Å². The lowest BCUT2D eigenvalue weighted by molar-refractivity contribution is 0.389. The van der Waals surface area contributed by atoms with Crippen molar-refractivity contribution in [3.05, 3.63) is 0 Å². The van der Waals surface area contributed by atoms with Crippen molar-refractivity contribution in [1.29, 1.82) is 0 Å². The molecule has 0 aromatic rings. The van der Waals surface area contributed by atoms with Crippen LogP contribution in [0.4, 0.5) is 0 Å². The summed E-state index contributed by atoms with van der Waals surface area (Å²) in [5, 5.41) is 0.414. The Kier molecular flexibility index (Phi) is 3.45. The molecule has 1 fully saturated rings. The van der Waals surface area contributed by atoms with E-state index in [2.05, 4.69) is 28.1 Å². The topological polar surface area (TPSA) is 26.0 Å². The van der Waals surface area contributed by atoms with E-state index in [1.54, 1.807) is 0 Å². The first-order valence-corrected chi connectivity index (χ1v) is 5.63. The predicted octanol–water partition coefficient (Wildman–Crippen LogP) is 2.92. The van der Waals surface area contributed by atoms with Gasteiger partial charge < -0.3 is 5.73 Å². The lowest BCUT2D eigenvalue weighted by Gasteiger charge is -2.42. The molecule has 0 aromatic heterocycles. The second kappa shape index (κ2) is 4.04. The van der Waals surface area contributed by atoms with E-state index < -0.39 is 0 Å². The fourth-order valence-corrected chi connectivity index (χ4v) is 2.59. The van der Waals surface area contributed by atoms with Crippen molar-refractivity contribution in [3.8, 4) is 0 Å². The van der Waals surface area contributed by atoms with E-state index >= 15 is 0 Å². The Labute approximate surface area is 83.7 Å². The molecular formula is C11H23BN. The van der Waals surface area contributed by atoms with Crippen LogP contribution in [0.25, 0.3) is 0 Å². The molecule has 1 aliphatic heterocycles. The van der Waals surface area contributed by atoms with Crippen molar-refractivity contribution in [2.45, 2.75) is 70.0 Å². The SMILES string of the molecule is CCCCC1(C)[B]C(C)(N)CCC1. The molecule has 0 aliphatic carbocycles. The highest BCUT2D eigenvalue weighted by Crippen LogP contribution is 2.43. The second-order valence-corrected chi connectivity index (χ2v) is 5.26. The minimum atomic E-state index is -0.0132. The van der Waals surface area contributed by atoms with Crippen LogP contribution in [0.3, 0.4) is 0 Å². The number of rotatable bonds is 3. The van der Waals surface area contributed by atoms with Gasteiger partial charge in [-0.05, 0) is 11.9 Å². The minimum Gasteiger partial charge on any atom is -0.333 e. The van der Waals surface area contributed by atoms with Crippen LogP contribution >= 0.6 is 0 Å². The van der Waals surface area contributed by atoms with E-state index in [1.807, 2.05) is 0 Å². The van der Waals surface area contributed by atoms with Crippen LogP contribution < -0.4 is 5.73 Å². The molecule has 75 valence electrons. The molecule has 13 heavy (non-hydrogen) atoms. The van der Waals surface area contributed by atoms with Crippen LogP contribution in [0.2, 0.25) is 5.31 Å². The predicted molar refractivity (Wildman–Crippen MR) is 60.1 cm³/mol. The van der Waals surface area contributed by atoms with Gasteiger partial charge in [-0.3, -0.25) is 0 Å². The Morgan fingerprint density at radius 1 is 1.31 bits per heavy atom. The maximum Gasteiger partial charge on any atom is 0.144 e. The fraction of sp³-hybridized carbons (Fsp3) is 1.00. The van der Waals surface area contributed by atoms with Crippen LogP contribution in [-0.4, -0.2) is 12.7 Å². The van der Waals surface area contributed by atoms with Crippen LogP contribution in [0.1, 0.15) is 59.3 Å². The summed E-state index contributed by atoms with van der Waals surface area (Å²) in [6.07, 6.45) is 7.74. The average molecular weight is 180 g/mol. The molecule has 2 unspecified atom stereocenters. The van der Waals surface area contributed by atoms with Crippen molar-refractivity contribution < 1.29 is 0 Å². The van der Waals surface area contributed by atoms with E-state index in [0.29, 0.717) is 5.31 Å². The lowest BCUT2D eigenvalue weighted by Crippen LogP contribution is -2.50. The summed E-state index contributed by atoms with van der Waals surface area (Å²) in [6, 6.07) is 0. The lowest BCUT2D eigenvalue weighted by atomic mass is 9.37. The Hall–Kier alpha value is 0.0249. The third-order valence-corrected chi connectivity index (χ3v) is 3.24. The van der Waals surface area contributed by atoms with E-state index in [0.717, 1.165) is 6.42 Å². The highest BCUT2D eigenvalue weighted by molar-refractivity contribution is 6.44. The molecule has 1 rings (SSSR count). The van der Waals surface area contributed by atoms with Crippen LogP contribution in [0.15, 0.2) is 0 Å². The summed E-state index contributed by atoms with van der Waals surface area (Å²) in [4.78, 5) is 0. The maximum atomic E-state index is 6.17. The van der Waals surface area contributed by atoms with Crippen molar-refractivity contribution in [2.24, 2.45) is 5.73 Å². The van der Waals surface area contributed by atoms with E-state index in [9.17, 15) is 0 Å². The van der Waals surface area contributed by atoms with Gasteiger partial charge in [-0.2, -0.15) is 0 Å². The zero-order valence-corrected chi connectivity index (χ0v) is 9.40. The largest absolute Gasteiger partial charge is 0.333 e. The van der Waals surface area contributed by atoms with Crippen molar-refractivity contribution in [3.63, 3.8) is 0 Å². The van der Waals surface area contributed by atoms with Crippen molar-refractivity contribution in [1.82, 2.24) is 0 Å². The van der Waals surface area contributed by atoms with Gasteiger partial charge in [0.25, 0.3) is 0 Å². The first-order valence-electron chi connectivity index (χ1n) is 5.63. The average Bonchev–Trinajstić information content (AvgIpc) is 1.98. The molecule has 0 aromatic carbocycles. The molecule has 1 saturated heterocycles. The Morgan fingerprint density at radius 3 is 2.54 bits per heavy atom. The summed E-state index contributed by atoms with van der Waals surface area (Å²) in [6.45, 7) is 6.79. The van der Waals surface area contributed by atoms with Crippen molar-refractivity contribution in [2.75, 3.05) is 0 Å². The van der Waals surface area contributed by atoms with Crippen LogP contribution in [0.5, 0.6) is 0 Å². The van der Waals surface area contributed by atoms with Gasteiger partial charge in [0.2, 0.25) is 0 Å². The van der Waals surface area contributed by atoms with Gasteiger partial charge in [-0.25, -0.2) is 0 Å². The molecule has 2 atom stereocenters. The monoisotopic (exact) mass is 180 g/mol. The molecule has 2 N–H and O–H groups in total. The molecular weight excluding hydrogens is 157 g/mol. The summed E-state index contributed by atoms with van der Waals surface area (Å²) in [5.41, 5.74) is 6.16. The van der Waals surface area contributed by atoms with Gasteiger partial charge >= 0.3 is 0 Å². The number of hydrogen-bond donors (Lipinski definition) is 1. The summed E-state index contributed by atoms with van der Waals surface area (Å²) >= 11 is 0. The standard InChI is InChI=1S/C11H23BN/c1-4-5-7-10(2)8-6-9-11(3,13)12-10/h4-9,13H2,1-3H3. The Balaban J connectivity index is 2.47. The van der Waals surface area contributed by atoms with Crippen LogP contribution in [-0.2, 0) is 0 Å². The molecule has 0 bridgehead atoms.